The summed E-state index contributed by atoms with van der Waals surface area (Å²) in [6.07, 6.45) is 5.44. The van der Waals surface area contributed by atoms with Crippen LogP contribution in [0.3, 0.4) is 0 Å². The van der Waals surface area contributed by atoms with Crippen molar-refractivity contribution < 1.29 is 9.84 Å². The number of aliphatic hydroxyl groups is 1. The number of aliphatic hydroxyl groups excluding tert-OH is 1. The van der Waals surface area contributed by atoms with Crippen LogP contribution in [0.25, 0.3) is 10.9 Å². The van der Waals surface area contributed by atoms with Crippen LogP contribution in [0.15, 0.2) is 53.0 Å². The number of aromatic nitrogens is 1. The van der Waals surface area contributed by atoms with Crippen molar-refractivity contribution >= 4 is 26.8 Å². The van der Waals surface area contributed by atoms with Gasteiger partial charge >= 0.3 is 0 Å². The summed E-state index contributed by atoms with van der Waals surface area (Å²) < 4.78 is 7.73. The maximum Gasteiger partial charge on any atom is 0.179 e. The Kier molecular flexibility index (Phi) is 6.96. The van der Waals surface area contributed by atoms with Crippen LogP contribution >= 0.6 is 15.9 Å². The molecule has 6 heteroatoms. The van der Waals surface area contributed by atoms with Gasteiger partial charge in [-0.3, -0.25) is 0 Å². The van der Waals surface area contributed by atoms with E-state index >= 15 is 0 Å². The maximum absolute atomic E-state index is 10.7. The summed E-state index contributed by atoms with van der Waals surface area (Å²) in [4.78, 5) is 5.61. The first-order chi connectivity index (χ1) is 16.5. The zero-order valence-electron chi connectivity index (χ0n) is 19.6. The molecular formula is C28H32BrN3O2. The molecule has 1 aromatic heterocycles. The molecule has 0 saturated heterocycles. The third-order valence-electron chi connectivity index (χ3n) is 7.97. The average molecular weight is 522 g/mol. The molecule has 0 bridgehead atoms. The highest BCUT2D eigenvalue weighted by Crippen LogP contribution is 2.43. The van der Waals surface area contributed by atoms with Crippen LogP contribution in [0.5, 0.6) is 0 Å². The summed E-state index contributed by atoms with van der Waals surface area (Å²) in [5, 5.41) is 21.8. The summed E-state index contributed by atoms with van der Waals surface area (Å²) >= 11 is 3.51. The highest BCUT2D eigenvalue weighted by Gasteiger charge is 2.39. The lowest BCUT2D eigenvalue weighted by atomic mass is 9.68. The number of hydrogen-bond donors (Lipinski definition) is 2. The van der Waals surface area contributed by atoms with Gasteiger partial charge in [0.2, 0.25) is 0 Å². The Morgan fingerprint density at radius 1 is 1.18 bits per heavy atom. The van der Waals surface area contributed by atoms with Crippen molar-refractivity contribution in [1.82, 2.24) is 9.88 Å². The molecule has 1 fully saturated rings. The van der Waals surface area contributed by atoms with E-state index in [2.05, 4.69) is 70.4 Å². The lowest BCUT2D eigenvalue weighted by Crippen LogP contribution is -2.42. The minimum Gasteiger partial charge on any atom is -0.393 e. The predicted octanol–water partition coefficient (Wildman–Crippen LogP) is 5.94. The van der Waals surface area contributed by atoms with Crippen molar-refractivity contribution in [1.29, 1.82) is 5.26 Å². The number of benzene rings is 2. The monoisotopic (exact) mass is 521 g/mol. The number of rotatable bonds is 3. The minimum absolute atomic E-state index is 0.0973. The lowest BCUT2D eigenvalue weighted by molar-refractivity contribution is -0.0411. The van der Waals surface area contributed by atoms with Gasteiger partial charge < -0.3 is 19.7 Å². The van der Waals surface area contributed by atoms with E-state index in [0.717, 1.165) is 53.5 Å². The maximum atomic E-state index is 10.7. The molecule has 1 aliphatic carbocycles. The molecular weight excluding hydrogens is 490 g/mol. The number of fused-ring (bicyclic) bond motifs is 4. The Morgan fingerprint density at radius 3 is 2.76 bits per heavy atom. The number of nitrogens with one attached hydrogen (secondary N) is 1. The Bertz CT molecular complexity index is 1170. The number of nitriles is 1. The molecule has 0 amide bonds. The summed E-state index contributed by atoms with van der Waals surface area (Å²) in [6, 6.07) is 16.7. The molecule has 5 nitrogen and oxygen atoms in total. The van der Waals surface area contributed by atoms with Crippen LogP contribution in [-0.4, -0.2) is 34.2 Å². The van der Waals surface area contributed by atoms with E-state index in [4.69, 9.17) is 4.74 Å². The highest BCUT2D eigenvalue weighted by molar-refractivity contribution is 9.10. The smallest absolute Gasteiger partial charge is 0.179 e. The summed E-state index contributed by atoms with van der Waals surface area (Å²) in [7, 11) is 0. The average Bonchev–Trinajstić information content (AvgIpc) is 3.22. The number of para-hydroxylation sites is 1. The third-order valence-corrected chi connectivity index (χ3v) is 8.50. The van der Waals surface area contributed by atoms with Gasteiger partial charge in [-0.25, -0.2) is 0 Å². The molecule has 2 aliphatic rings. The summed E-state index contributed by atoms with van der Waals surface area (Å²) in [5.41, 5.74) is 4.63. The van der Waals surface area contributed by atoms with E-state index in [1.165, 1.54) is 10.9 Å². The first kappa shape index (κ1) is 23.4. The number of nitrogens with zero attached hydrogens (tertiary/aromatic N) is 2. The highest BCUT2D eigenvalue weighted by atomic mass is 79.9. The van der Waals surface area contributed by atoms with Gasteiger partial charge in [-0.1, -0.05) is 53.2 Å². The number of ether oxygens (including phenoxy) is 1. The topological polar surface area (TPSA) is 72.3 Å². The molecule has 34 heavy (non-hydrogen) atoms. The SMILES string of the molecule is C[C@@H]1[C@H]2C[C@H](OCc3ccc(Br)cc3)c3[nH]c4ccccc4c3CCN(C#N)C[C@@H]2CC[C@@H]1O. The molecule has 1 saturated carbocycles. The summed E-state index contributed by atoms with van der Waals surface area (Å²) in [5.74, 6) is 0.833. The quantitative estimate of drug-likeness (QED) is 0.418. The van der Waals surface area contributed by atoms with Crippen LogP contribution in [-0.2, 0) is 17.8 Å². The summed E-state index contributed by atoms with van der Waals surface area (Å²) in [6.45, 7) is 4.16. The fourth-order valence-electron chi connectivity index (χ4n) is 5.98. The standard InChI is InChI=1S/C28H32BrN3O2/c1-18-24-14-27(34-16-19-6-9-21(29)10-7-19)28-23(22-4-2-3-5-25(22)31-28)12-13-32(17-30)15-20(24)8-11-26(18)33/h2-7,9-10,18,20,24,26-27,31,33H,8,11-16H2,1H3/t18-,20+,24-,26+,27+/m1/s1. The van der Waals surface area contributed by atoms with E-state index in [-0.39, 0.29) is 24.0 Å². The van der Waals surface area contributed by atoms with Gasteiger partial charge in [0.05, 0.1) is 18.8 Å². The molecule has 1 aliphatic heterocycles. The Balaban J connectivity index is 1.54. The number of H-pyrrole nitrogens is 1. The van der Waals surface area contributed by atoms with E-state index in [9.17, 15) is 10.4 Å². The molecule has 2 aromatic carbocycles. The van der Waals surface area contributed by atoms with Crippen molar-refractivity contribution in [2.45, 2.75) is 51.4 Å². The van der Waals surface area contributed by atoms with Crippen LogP contribution in [0.1, 0.15) is 49.1 Å². The Hall–Kier alpha value is -2.33. The van der Waals surface area contributed by atoms with Gasteiger partial charge in [-0.2, -0.15) is 5.26 Å². The van der Waals surface area contributed by atoms with Gasteiger partial charge in [0, 0.05) is 34.2 Å². The van der Waals surface area contributed by atoms with E-state index in [1.54, 1.807) is 0 Å². The second-order valence-electron chi connectivity index (χ2n) is 9.95. The molecule has 0 radical (unpaired) electrons. The fraction of sp³-hybridized carbons (Fsp3) is 0.464. The molecule has 0 unspecified atom stereocenters. The van der Waals surface area contributed by atoms with Crippen molar-refractivity contribution in [3.8, 4) is 6.19 Å². The molecule has 178 valence electrons. The van der Waals surface area contributed by atoms with Crippen LogP contribution in [0, 0.1) is 29.2 Å². The second-order valence-corrected chi connectivity index (χ2v) is 10.9. The number of halogens is 1. The van der Waals surface area contributed by atoms with Gasteiger partial charge in [0.15, 0.2) is 6.19 Å². The van der Waals surface area contributed by atoms with Crippen LogP contribution < -0.4 is 0 Å². The molecule has 2 heterocycles. The fourth-order valence-corrected chi connectivity index (χ4v) is 6.25. The minimum atomic E-state index is -0.297. The van der Waals surface area contributed by atoms with E-state index < -0.39 is 0 Å². The van der Waals surface area contributed by atoms with Crippen molar-refractivity contribution in [3.63, 3.8) is 0 Å². The van der Waals surface area contributed by atoms with Crippen molar-refractivity contribution in [2.75, 3.05) is 13.1 Å². The molecule has 0 spiro atoms. The molecule has 3 aromatic rings. The van der Waals surface area contributed by atoms with Gasteiger partial charge in [-0.05, 0) is 72.8 Å². The molecule has 2 N–H and O–H groups in total. The Labute approximate surface area is 209 Å². The Morgan fingerprint density at radius 2 is 1.97 bits per heavy atom. The largest absolute Gasteiger partial charge is 0.393 e. The van der Waals surface area contributed by atoms with Crippen molar-refractivity contribution in [2.24, 2.45) is 17.8 Å². The number of hydrogen-bond acceptors (Lipinski definition) is 4. The van der Waals surface area contributed by atoms with E-state index in [0.29, 0.717) is 19.1 Å². The number of aromatic amines is 1. The van der Waals surface area contributed by atoms with Gasteiger partial charge in [-0.15, -0.1) is 0 Å². The second kappa shape index (κ2) is 10.1. The van der Waals surface area contributed by atoms with Gasteiger partial charge in [0.1, 0.15) is 0 Å². The van der Waals surface area contributed by atoms with E-state index in [1.807, 2.05) is 17.0 Å². The molecule has 5 atom stereocenters. The predicted molar refractivity (Wildman–Crippen MR) is 137 cm³/mol. The first-order valence-corrected chi connectivity index (χ1v) is 13.1. The van der Waals surface area contributed by atoms with Crippen LogP contribution in [0.4, 0.5) is 0 Å². The lowest BCUT2D eigenvalue weighted by Gasteiger charge is -2.42. The van der Waals surface area contributed by atoms with Crippen molar-refractivity contribution in [3.05, 3.63) is 69.8 Å². The van der Waals surface area contributed by atoms with Gasteiger partial charge in [0.25, 0.3) is 0 Å². The third kappa shape index (κ3) is 4.75. The zero-order chi connectivity index (χ0) is 23.7. The van der Waals surface area contributed by atoms with Crippen LogP contribution in [0.2, 0.25) is 0 Å². The molecule has 5 rings (SSSR count). The zero-order valence-corrected chi connectivity index (χ0v) is 21.2. The normalized spacial score (nSPS) is 27.6. The first-order valence-electron chi connectivity index (χ1n) is 12.3.